The van der Waals surface area contributed by atoms with E-state index in [0.717, 1.165) is 27.7 Å². The van der Waals surface area contributed by atoms with Gasteiger partial charge in [0, 0.05) is 17.0 Å². The third-order valence-electron chi connectivity index (χ3n) is 5.52. The lowest BCUT2D eigenvalue weighted by Gasteiger charge is -2.17. The maximum absolute atomic E-state index is 12.9. The van der Waals surface area contributed by atoms with Crippen LogP contribution in [0.3, 0.4) is 0 Å². The second-order valence-corrected chi connectivity index (χ2v) is 9.02. The van der Waals surface area contributed by atoms with E-state index in [0.29, 0.717) is 22.9 Å². The number of nitrogens with zero attached hydrogens (tertiary/aromatic N) is 3. The minimum atomic E-state index is -0.381. The molecule has 0 aliphatic carbocycles. The Morgan fingerprint density at radius 3 is 2.37 bits per heavy atom. The number of aromatic nitrogens is 3. The number of hydrogen-bond acceptors (Lipinski definition) is 6. The number of rotatable bonds is 9. The van der Waals surface area contributed by atoms with Crippen molar-refractivity contribution in [3.05, 3.63) is 95.3 Å². The van der Waals surface area contributed by atoms with Gasteiger partial charge in [0.2, 0.25) is 0 Å². The van der Waals surface area contributed by atoms with Crippen LogP contribution in [0.25, 0.3) is 5.69 Å². The Balaban J connectivity index is 1.61. The van der Waals surface area contributed by atoms with Crippen LogP contribution in [0.5, 0.6) is 11.5 Å². The van der Waals surface area contributed by atoms with Gasteiger partial charge in [-0.1, -0.05) is 47.7 Å². The summed E-state index contributed by atoms with van der Waals surface area (Å²) < 4.78 is 12.6. The summed E-state index contributed by atoms with van der Waals surface area (Å²) in [6.45, 7) is 3.95. The SMILES string of the molecule is COc1cccc(CSc2nnc(C(C)NC(=O)c3cccc(OC)c3)n2-c2ccc(C)cc2)c1. The molecule has 3 aromatic carbocycles. The molecule has 0 saturated heterocycles. The predicted molar refractivity (Wildman–Crippen MR) is 138 cm³/mol. The largest absolute Gasteiger partial charge is 0.497 e. The van der Waals surface area contributed by atoms with E-state index in [1.54, 1.807) is 50.2 Å². The van der Waals surface area contributed by atoms with E-state index in [1.807, 2.05) is 48.7 Å². The number of hydrogen-bond donors (Lipinski definition) is 1. The summed E-state index contributed by atoms with van der Waals surface area (Å²) in [5.41, 5.74) is 3.73. The number of carbonyl (C=O) groups is 1. The smallest absolute Gasteiger partial charge is 0.251 e. The van der Waals surface area contributed by atoms with Gasteiger partial charge in [-0.15, -0.1) is 10.2 Å². The summed E-state index contributed by atoms with van der Waals surface area (Å²) in [6, 6.07) is 22.8. The van der Waals surface area contributed by atoms with Crippen molar-refractivity contribution < 1.29 is 14.3 Å². The third-order valence-corrected chi connectivity index (χ3v) is 6.52. The molecule has 0 fully saturated rings. The van der Waals surface area contributed by atoms with Crippen molar-refractivity contribution in [2.45, 2.75) is 30.8 Å². The molecule has 0 aliphatic rings. The minimum absolute atomic E-state index is 0.208. The number of benzene rings is 3. The van der Waals surface area contributed by atoms with Crippen molar-refractivity contribution in [1.29, 1.82) is 0 Å². The first-order valence-electron chi connectivity index (χ1n) is 11.2. The average Bonchev–Trinajstić information content (AvgIpc) is 3.32. The highest BCUT2D eigenvalue weighted by Gasteiger charge is 2.22. The van der Waals surface area contributed by atoms with Crippen LogP contribution in [0.1, 0.15) is 40.3 Å². The Hall–Kier alpha value is -3.78. The van der Waals surface area contributed by atoms with E-state index in [2.05, 4.69) is 33.7 Å². The van der Waals surface area contributed by atoms with Crippen LogP contribution >= 0.6 is 11.8 Å². The Morgan fingerprint density at radius 1 is 0.971 bits per heavy atom. The number of amides is 1. The number of ether oxygens (including phenoxy) is 2. The van der Waals surface area contributed by atoms with Gasteiger partial charge in [0.05, 0.1) is 20.3 Å². The van der Waals surface area contributed by atoms with Crippen LogP contribution in [-0.4, -0.2) is 34.9 Å². The molecule has 0 aliphatic heterocycles. The quantitative estimate of drug-likeness (QED) is 0.319. The summed E-state index contributed by atoms with van der Waals surface area (Å²) in [7, 11) is 3.24. The molecule has 4 rings (SSSR count). The van der Waals surface area contributed by atoms with Gasteiger partial charge in [-0.2, -0.15) is 0 Å². The van der Waals surface area contributed by atoms with Crippen LogP contribution in [0.2, 0.25) is 0 Å². The van der Waals surface area contributed by atoms with E-state index in [1.165, 1.54) is 0 Å². The molecule has 1 unspecified atom stereocenters. The van der Waals surface area contributed by atoms with Crippen LogP contribution in [-0.2, 0) is 5.75 Å². The Kier molecular flexibility index (Phi) is 7.72. The molecular weight excluding hydrogens is 460 g/mol. The fourth-order valence-corrected chi connectivity index (χ4v) is 4.51. The first-order chi connectivity index (χ1) is 17.0. The number of nitrogens with one attached hydrogen (secondary N) is 1. The van der Waals surface area contributed by atoms with Crippen molar-refractivity contribution in [1.82, 2.24) is 20.1 Å². The molecule has 0 bridgehead atoms. The molecule has 180 valence electrons. The monoisotopic (exact) mass is 488 g/mol. The topological polar surface area (TPSA) is 78.3 Å². The highest BCUT2D eigenvalue weighted by atomic mass is 32.2. The lowest BCUT2D eigenvalue weighted by Crippen LogP contribution is -2.28. The number of methoxy groups -OCH3 is 2. The molecule has 35 heavy (non-hydrogen) atoms. The van der Waals surface area contributed by atoms with E-state index >= 15 is 0 Å². The van der Waals surface area contributed by atoms with Crippen LogP contribution in [0, 0.1) is 6.92 Å². The predicted octanol–water partition coefficient (Wildman–Crippen LogP) is 5.38. The molecule has 4 aromatic rings. The fourth-order valence-electron chi connectivity index (χ4n) is 3.61. The van der Waals surface area contributed by atoms with Crippen LogP contribution in [0.15, 0.2) is 78.0 Å². The third kappa shape index (κ3) is 5.84. The van der Waals surface area contributed by atoms with Crippen molar-refractivity contribution in [3.8, 4) is 17.2 Å². The van der Waals surface area contributed by atoms with Crippen molar-refractivity contribution >= 4 is 17.7 Å². The van der Waals surface area contributed by atoms with Gasteiger partial charge in [-0.25, -0.2) is 0 Å². The normalized spacial score (nSPS) is 11.7. The van der Waals surface area contributed by atoms with Crippen LogP contribution < -0.4 is 14.8 Å². The highest BCUT2D eigenvalue weighted by molar-refractivity contribution is 7.98. The lowest BCUT2D eigenvalue weighted by atomic mass is 10.2. The summed E-state index contributed by atoms with van der Waals surface area (Å²) in [6.07, 6.45) is 0. The lowest BCUT2D eigenvalue weighted by molar-refractivity contribution is 0.0937. The summed E-state index contributed by atoms with van der Waals surface area (Å²) in [4.78, 5) is 12.9. The Bertz CT molecular complexity index is 1300. The maximum atomic E-state index is 12.9. The zero-order valence-corrected chi connectivity index (χ0v) is 21.0. The molecule has 0 spiro atoms. The fraction of sp³-hybridized carbons (Fsp3) is 0.222. The summed E-state index contributed by atoms with van der Waals surface area (Å²) in [5.74, 6) is 2.59. The molecule has 1 N–H and O–H groups in total. The Labute approximate surface area is 209 Å². The van der Waals surface area contributed by atoms with E-state index in [9.17, 15) is 4.79 Å². The van der Waals surface area contributed by atoms with Crippen LogP contribution in [0.4, 0.5) is 0 Å². The number of aryl methyl sites for hydroxylation is 1. The first-order valence-corrected chi connectivity index (χ1v) is 12.2. The second kappa shape index (κ2) is 11.1. The standard InChI is InChI=1S/C27H28N4O3S/c1-18-11-13-22(14-12-18)31-25(19(2)28-26(32)21-8-6-10-24(16-21)34-4)29-30-27(31)35-17-20-7-5-9-23(15-20)33-3/h5-16,19H,17H2,1-4H3,(H,28,32). The summed E-state index contributed by atoms with van der Waals surface area (Å²) in [5, 5.41) is 12.7. The first kappa shape index (κ1) is 24.3. The number of carbonyl (C=O) groups excluding carboxylic acids is 1. The Morgan fingerprint density at radius 2 is 1.66 bits per heavy atom. The van der Waals surface area contributed by atoms with E-state index in [-0.39, 0.29) is 11.9 Å². The molecule has 7 nitrogen and oxygen atoms in total. The highest BCUT2D eigenvalue weighted by Crippen LogP contribution is 2.29. The zero-order chi connectivity index (χ0) is 24.8. The average molecular weight is 489 g/mol. The maximum Gasteiger partial charge on any atom is 0.251 e. The molecule has 1 aromatic heterocycles. The van der Waals surface area contributed by atoms with Crippen molar-refractivity contribution in [2.24, 2.45) is 0 Å². The van der Waals surface area contributed by atoms with Gasteiger partial charge in [0.25, 0.3) is 5.91 Å². The van der Waals surface area contributed by atoms with Gasteiger partial charge in [0.1, 0.15) is 11.5 Å². The van der Waals surface area contributed by atoms with Crippen molar-refractivity contribution in [2.75, 3.05) is 14.2 Å². The molecule has 8 heteroatoms. The summed E-state index contributed by atoms with van der Waals surface area (Å²) >= 11 is 1.58. The molecule has 1 amide bonds. The van der Waals surface area contributed by atoms with Gasteiger partial charge in [0.15, 0.2) is 11.0 Å². The van der Waals surface area contributed by atoms with Gasteiger partial charge < -0.3 is 14.8 Å². The van der Waals surface area contributed by atoms with E-state index < -0.39 is 0 Å². The molecule has 1 atom stereocenters. The molecule has 1 heterocycles. The van der Waals surface area contributed by atoms with Gasteiger partial charge in [-0.3, -0.25) is 9.36 Å². The molecule has 0 saturated carbocycles. The molecular formula is C27H28N4O3S. The molecule has 0 radical (unpaired) electrons. The van der Waals surface area contributed by atoms with Gasteiger partial charge >= 0.3 is 0 Å². The number of thioether (sulfide) groups is 1. The minimum Gasteiger partial charge on any atom is -0.497 e. The van der Waals surface area contributed by atoms with E-state index in [4.69, 9.17) is 9.47 Å². The van der Waals surface area contributed by atoms with Crippen molar-refractivity contribution in [3.63, 3.8) is 0 Å². The van der Waals surface area contributed by atoms with Gasteiger partial charge in [-0.05, 0) is 61.9 Å². The zero-order valence-electron chi connectivity index (χ0n) is 20.2. The second-order valence-electron chi connectivity index (χ2n) is 8.08.